The van der Waals surface area contributed by atoms with Crippen LogP contribution >= 0.6 is 0 Å². The molecule has 1 aromatic heterocycles. The highest BCUT2D eigenvalue weighted by atomic mass is 19.1. The summed E-state index contributed by atoms with van der Waals surface area (Å²) >= 11 is 0. The molecule has 0 saturated carbocycles. The zero-order valence-electron chi connectivity index (χ0n) is 9.70. The van der Waals surface area contributed by atoms with E-state index in [1.54, 1.807) is 6.07 Å². The number of fused-ring (bicyclic) bond motifs is 1. The van der Waals surface area contributed by atoms with Gasteiger partial charge in [-0.25, -0.2) is 4.39 Å². The fourth-order valence-corrected chi connectivity index (χ4v) is 2.20. The lowest BCUT2D eigenvalue weighted by Gasteiger charge is -2.18. The third-order valence-corrected chi connectivity index (χ3v) is 3.09. The molecule has 0 unspecified atom stereocenters. The van der Waals surface area contributed by atoms with E-state index >= 15 is 0 Å². The maximum atomic E-state index is 13.7. The molecule has 3 nitrogen and oxygen atoms in total. The van der Waals surface area contributed by atoms with Gasteiger partial charge >= 0.3 is 0 Å². The van der Waals surface area contributed by atoms with Gasteiger partial charge in [0.2, 0.25) is 5.56 Å². The Labute approximate surface area is 103 Å². The van der Waals surface area contributed by atoms with E-state index < -0.39 is 5.82 Å². The third kappa shape index (κ3) is 1.90. The van der Waals surface area contributed by atoms with E-state index in [1.165, 1.54) is 6.07 Å². The maximum Gasteiger partial charge on any atom is 0.248 e. The van der Waals surface area contributed by atoms with Crippen molar-refractivity contribution in [2.75, 3.05) is 6.61 Å². The van der Waals surface area contributed by atoms with Crippen LogP contribution < -0.4 is 10.3 Å². The van der Waals surface area contributed by atoms with Crippen molar-refractivity contribution in [3.8, 4) is 16.9 Å². The molecule has 4 heteroatoms. The van der Waals surface area contributed by atoms with E-state index in [0.29, 0.717) is 11.1 Å². The number of ether oxygens (including phenoxy) is 1. The fraction of sp³-hybridized carbons (Fsp3) is 0.214. The molecule has 1 N–H and O–H groups in total. The van der Waals surface area contributed by atoms with Crippen LogP contribution in [0.2, 0.25) is 0 Å². The van der Waals surface area contributed by atoms with Gasteiger partial charge in [-0.05, 0) is 36.1 Å². The van der Waals surface area contributed by atoms with E-state index in [0.717, 1.165) is 37.0 Å². The van der Waals surface area contributed by atoms with Gasteiger partial charge in [0.05, 0.1) is 6.61 Å². The number of pyridine rings is 1. The van der Waals surface area contributed by atoms with Gasteiger partial charge in [0.15, 0.2) is 0 Å². The standard InChI is InChI=1S/C14H12FNO2/c15-12-8-16-14(17)7-11(12)9-3-4-13-10(6-9)2-1-5-18-13/h3-4,6-8H,1-2,5H2,(H,16,17). The van der Waals surface area contributed by atoms with Crippen LogP contribution in [0.25, 0.3) is 11.1 Å². The highest BCUT2D eigenvalue weighted by molar-refractivity contribution is 5.66. The van der Waals surface area contributed by atoms with Crippen molar-refractivity contribution in [1.29, 1.82) is 0 Å². The zero-order chi connectivity index (χ0) is 12.5. The summed E-state index contributed by atoms with van der Waals surface area (Å²) in [5, 5.41) is 0. The van der Waals surface area contributed by atoms with Gasteiger partial charge < -0.3 is 9.72 Å². The lowest BCUT2D eigenvalue weighted by atomic mass is 9.99. The monoisotopic (exact) mass is 245 g/mol. The Morgan fingerprint density at radius 1 is 1.28 bits per heavy atom. The summed E-state index contributed by atoms with van der Waals surface area (Å²) in [7, 11) is 0. The van der Waals surface area contributed by atoms with Crippen LogP contribution in [-0.2, 0) is 6.42 Å². The molecular weight excluding hydrogens is 233 g/mol. The number of aryl methyl sites for hydroxylation is 1. The number of aromatic nitrogens is 1. The maximum absolute atomic E-state index is 13.7. The lowest BCUT2D eigenvalue weighted by Crippen LogP contribution is -2.09. The molecule has 0 radical (unpaired) electrons. The summed E-state index contributed by atoms with van der Waals surface area (Å²) in [5.41, 5.74) is 1.80. The van der Waals surface area contributed by atoms with E-state index in [9.17, 15) is 9.18 Å². The molecule has 0 spiro atoms. The van der Waals surface area contributed by atoms with Crippen molar-refractivity contribution in [2.24, 2.45) is 0 Å². The van der Waals surface area contributed by atoms with E-state index in [4.69, 9.17) is 4.74 Å². The Morgan fingerprint density at radius 3 is 3.06 bits per heavy atom. The Kier molecular flexibility index (Phi) is 2.63. The fourth-order valence-electron chi connectivity index (χ4n) is 2.20. The van der Waals surface area contributed by atoms with E-state index in [1.807, 2.05) is 12.1 Å². The van der Waals surface area contributed by atoms with Crippen molar-refractivity contribution in [2.45, 2.75) is 12.8 Å². The number of hydrogen-bond donors (Lipinski definition) is 1. The number of aromatic amines is 1. The van der Waals surface area contributed by atoms with Gasteiger partial charge in [-0.3, -0.25) is 4.79 Å². The first-order valence-electron chi connectivity index (χ1n) is 5.88. The van der Waals surface area contributed by atoms with Crippen LogP contribution in [0.15, 0.2) is 35.3 Å². The van der Waals surface area contributed by atoms with Crippen LogP contribution in [0.1, 0.15) is 12.0 Å². The molecule has 2 heterocycles. The van der Waals surface area contributed by atoms with Crippen LogP contribution in [0.3, 0.4) is 0 Å². The van der Waals surface area contributed by atoms with Crippen molar-refractivity contribution in [3.05, 3.63) is 52.2 Å². The third-order valence-electron chi connectivity index (χ3n) is 3.09. The zero-order valence-corrected chi connectivity index (χ0v) is 9.70. The Hall–Kier alpha value is -2.10. The Balaban J connectivity index is 2.11. The van der Waals surface area contributed by atoms with Gasteiger partial charge in [0.25, 0.3) is 0 Å². The molecule has 0 aliphatic carbocycles. The van der Waals surface area contributed by atoms with Crippen molar-refractivity contribution in [1.82, 2.24) is 4.98 Å². The Bertz CT molecular complexity index is 648. The molecule has 1 aliphatic heterocycles. The predicted molar refractivity (Wildman–Crippen MR) is 66.3 cm³/mol. The Morgan fingerprint density at radius 2 is 2.17 bits per heavy atom. The number of rotatable bonds is 1. The van der Waals surface area contributed by atoms with E-state index in [2.05, 4.69) is 4.98 Å². The summed E-state index contributed by atoms with van der Waals surface area (Å²) in [4.78, 5) is 13.6. The average Bonchev–Trinajstić information content (AvgIpc) is 2.41. The molecule has 1 aliphatic rings. The molecule has 0 amide bonds. The molecular formula is C14H12FNO2. The summed E-state index contributed by atoms with van der Waals surface area (Å²) in [6.07, 6.45) is 2.98. The van der Waals surface area contributed by atoms with Crippen LogP contribution in [0.4, 0.5) is 4.39 Å². The second-order valence-electron chi connectivity index (χ2n) is 4.33. The highest BCUT2D eigenvalue weighted by Gasteiger charge is 2.13. The topological polar surface area (TPSA) is 42.1 Å². The molecule has 0 saturated heterocycles. The van der Waals surface area contributed by atoms with Gasteiger partial charge in [-0.2, -0.15) is 0 Å². The minimum absolute atomic E-state index is 0.305. The normalized spacial score (nSPS) is 13.8. The van der Waals surface area contributed by atoms with Crippen LogP contribution in [0.5, 0.6) is 5.75 Å². The molecule has 0 fully saturated rings. The minimum atomic E-state index is -0.425. The van der Waals surface area contributed by atoms with Gasteiger partial charge in [-0.15, -0.1) is 0 Å². The summed E-state index contributed by atoms with van der Waals surface area (Å²) in [6.45, 7) is 0.728. The van der Waals surface area contributed by atoms with E-state index in [-0.39, 0.29) is 5.56 Å². The first-order valence-corrected chi connectivity index (χ1v) is 5.88. The summed E-state index contributed by atoms with van der Waals surface area (Å²) in [5.74, 6) is 0.432. The van der Waals surface area contributed by atoms with Gasteiger partial charge in [-0.1, -0.05) is 6.07 Å². The number of H-pyrrole nitrogens is 1. The number of benzene rings is 1. The second-order valence-corrected chi connectivity index (χ2v) is 4.33. The highest BCUT2D eigenvalue weighted by Crippen LogP contribution is 2.30. The minimum Gasteiger partial charge on any atom is -0.493 e. The SMILES string of the molecule is O=c1cc(-c2ccc3c(c2)CCCO3)c(F)c[nH]1. The molecule has 3 rings (SSSR count). The molecule has 0 bridgehead atoms. The first kappa shape index (κ1) is 11.0. The number of hydrogen-bond acceptors (Lipinski definition) is 2. The molecule has 2 aromatic rings. The largest absolute Gasteiger partial charge is 0.493 e. The quantitative estimate of drug-likeness (QED) is 0.838. The van der Waals surface area contributed by atoms with Gasteiger partial charge in [0.1, 0.15) is 11.6 Å². The van der Waals surface area contributed by atoms with Crippen molar-refractivity contribution < 1.29 is 9.13 Å². The average molecular weight is 245 g/mol. The molecule has 0 atom stereocenters. The van der Waals surface area contributed by atoms with Crippen LogP contribution in [-0.4, -0.2) is 11.6 Å². The molecule has 18 heavy (non-hydrogen) atoms. The summed E-state index contributed by atoms with van der Waals surface area (Å²) < 4.78 is 19.2. The number of halogens is 1. The van der Waals surface area contributed by atoms with Gasteiger partial charge in [0, 0.05) is 17.8 Å². The predicted octanol–water partition coefficient (Wildman–Crippen LogP) is 2.51. The summed E-state index contributed by atoms with van der Waals surface area (Å²) in [6, 6.07) is 6.79. The lowest BCUT2D eigenvalue weighted by molar-refractivity contribution is 0.288. The molecule has 92 valence electrons. The smallest absolute Gasteiger partial charge is 0.248 e. The van der Waals surface area contributed by atoms with Crippen molar-refractivity contribution >= 4 is 0 Å². The first-order chi connectivity index (χ1) is 8.74. The van der Waals surface area contributed by atoms with Crippen molar-refractivity contribution in [3.63, 3.8) is 0 Å². The molecule has 1 aromatic carbocycles. The second kappa shape index (κ2) is 4.29. The number of nitrogens with one attached hydrogen (secondary N) is 1. The van der Waals surface area contributed by atoms with Crippen LogP contribution in [0, 0.1) is 5.82 Å².